The molecule has 0 saturated carbocycles. The Morgan fingerprint density at radius 2 is 1.88 bits per heavy atom. The summed E-state index contributed by atoms with van der Waals surface area (Å²) in [4.78, 5) is 21.0. The normalized spacial score (nSPS) is 25.7. The van der Waals surface area contributed by atoms with Crippen molar-refractivity contribution in [3.05, 3.63) is 29.0 Å². The van der Waals surface area contributed by atoms with Crippen molar-refractivity contribution in [2.45, 2.75) is 25.7 Å². The molecule has 1 aromatic rings. The molecular weight excluding hydrogens is 326 g/mol. The highest BCUT2D eigenvalue weighted by molar-refractivity contribution is 6.30. The van der Waals surface area contributed by atoms with Crippen molar-refractivity contribution in [3.63, 3.8) is 0 Å². The van der Waals surface area contributed by atoms with Crippen LogP contribution in [-0.2, 0) is 0 Å². The molecule has 3 rings (SSSR count). The summed E-state index contributed by atoms with van der Waals surface area (Å²) >= 11 is 5.94. The fourth-order valence-corrected chi connectivity index (χ4v) is 4.05. The molecule has 0 radical (unpaired) electrons. The lowest BCUT2D eigenvalue weighted by atomic mass is 9.96. The molecule has 2 aliphatic rings. The van der Waals surface area contributed by atoms with Crippen molar-refractivity contribution in [1.29, 1.82) is 0 Å². The van der Waals surface area contributed by atoms with Crippen molar-refractivity contribution < 1.29 is 9.90 Å². The lowest BCUT2D eigenvalue weighted by Gasteiger charge is -2.26. The van der Waals surface area contributed by atoms with Gasteiger partial charge in [-0.1, -0.05) is 24.4 Å². The molecular formula is C18H26ClN3O2. The summed E-state index contributed by atoms with van der Waals surface area (Å²) in [6, 6.07) is 1.66. The van der Waals surface area contributed by atoms with E-state index in [2.05, 4.69) is 9.88 Å². The highest BCUT2D eigenvalue weighted by Gasteiger charge is 2.36. The molecule has 0 bridgehead atoms. The molecule has 6 heteroatoms. The fraction of sp³-hybridized carbons (Fsp3) is 0.667. The van der Waals surface area contributed by atoms with E-state index < -0.39 is 0 Å². The molecule has 0 aliphatic carbocycles. The number of aliphatic hydroxyl groups is 1. The lowest BCUT2D eigenvalue weighted by molar-refractivity contribution is 0.0778. The first-order chi connectivity index (χ1) is 11.7. The van der Waals surface area contributed by atoms with Crippen molar-refractivity contribution in [2.24, 2.45) is 11.8 Å². The van der Waals surface area contributed by atoms with Crippen LogP contribution in [0.3, 0.4) is 0 Å². The minimum Gasteiger partial charge on any atom is -0.396 e. The predicted molar refractivity (Wildman–Crippen MR) is 94.1 cm³/mol. The van der Waals surface area contributed by atoms with Crippen molar-refractivity contribution in [2.75, 3.05) is 39.3 Å². The zero-order valence-corrected chi connectivity index (χ0v) is 14.8. The van der Waals surface area contributed by atoms with Crippen LogP contribution in [0.25, 0.3) is 0 Å². The molecule has 1 amide bonds. The minimum atomic E-state index is -0.0400. The molecule has 0 unspecified atom stereocenters. The van der Waals surface area contributed by atoms with Crippen LogP contribution in [0.2, 0.25) is 5.02 Å². The number of likely N-dealkylation sites (tertiary alicyclic amines) is 2. The first-order valence-electron chi connectivity index (χ1n) is 8.90. The number of rotatable bonds is 4. The van der Waals surface area contributed by atoms with Gasteiger partial charge in [0.1, 0.15) is 0 Å². The number of amides is 1. The molecule has 1 aromatic heterocycles. The van der Waals surface area contributed by atoms with Gasteiger partial charge in [0.2, 0.25) is 0 Å². The molecule has 3 heterocycles. The molecule has 2 atom stereocenters. The Morgan fingerprint density at radius 3 is 2.54 bits per heavy atom. The van der Waals surface area contributed by atoms with Crippen LogP contribution in [0.15, 0.2) is 18.5 Å². The number of nitrogens with zero attached hydrogens (tertiary/aromatic N) is 3. The molecule has 5 nitrogen and oxygen atoms in total. The first kappa shape index (κ1) is 17.6. The van der Waals surface area contributed by atoms with Crippen molar-refractivity contribution in [1.82, 2.24) is 14.8 Å². The summed E-state index contributed by atoms with van der Waals surface area (Å²) in [7, 11) is 0. The van der Waals surface area contributed by atoms with E-state index in [-0.39, 0.29) is 18.4 Å². The second-order valence-electron chi connectivity index (χ2n) is 7.02. The van der Waals surface area contributed by atoms with Gasteiger partial charge in [0.15, 0.2) is 0 Å². The highest BCUT2D eigenvalue weighted by atomic mass is 35.5. The number of halogens is 1. The molecule has 2 aliphatic heterocycles. The van der Waals surface area contributed by atoms with Crippen LogP contribution in [0.1, 0.15) is 36.0 Å². The second-order valence-corrected chi connectivity index (χ2v) is 7.46. The Bertz CT molecular complexity index is 561. The Balaban J connectivity index is 1.64. The van der Waals surface area contributed by atoms with Crippen LogP contribution >= 0.6 is 11.6 Å². The average Bonchev–Trinajstić information content (AvgIpc) is 2.81. The second kappa shape index (κ2) is 8.28. The van der Waals surface area contributed by atoms with Crippen LogP contribution in [0.4, 0.5) is 0 Å². The van der Waals surface area contributed by atoms with Gasteiger partial charge in [-0.2, -0.15) is 0 Å². The quantitative estimate of drug-likeness (QED) is 0.904. The smallest absolute Gasteiger partial charge is 0.255 e. The molecule has 0 spiro atoms. The Kier molecular flexibility index (Phi) is 6.09. The van der Waals surface area contributed by atoms with Crippen LogP contribution in [-0.4, -0.2) is 65.1 Å². The number of carbonyl (C=O) groups is 1. The third-order valence-electron chi connectivity index (χ3n) is 5.24. The zero-order valence-electron chi connectivity index (χ0n) is 14.0. The van der Waals surface area contributed by atoms with Gasteiger partial charge < -0.3 is 14.9 Å². The maximum absolute atomic E-state index is 12.7. The third kappa shape index (κ3) is 4.26. The van der Waals surface area contributed by atoms with E-state index in [0.717, 1.165) is 19.6 Å². The van der Waals surface area contributed by atoms with Gasteiger partial charge in [-0.25, -0.2) is 0 Å². The minimum absolute atomic E-state index is 0.0400. The summed E-state index contributed by atoms with van der Waals surface area (Å²) in [5, 5.41) is 10.2. The van der Waals surface area contributed by atoms with E-state index in [4.69, 9.17) is 11.6 Å². The molecule has 24 heavy (non-hydrogen) atoms. The standard InChI is InChI=1S/C18H26ClN3O2/c19-17-7-14(8-20-9-17)18(24)22-11-15(16(12-22)13-23)10-21-5-3-1-2-4-6-21/h7-9,15-16,23H,1-6,10-13H2/t15-,16-/m0/s1. The molecule has 132 valence electrons. The van der Waals surface area contributed by atoms with Crippen LogP contribution in [0.5, 0.6) is 0 Å². The van der Waals surface area contributed by atoms with Crippen molar-refractivity contribution in [3.8, 4) is 0 Å². The van der Waals surface area contributed by atoms with Gasteiger partial charge in [-0.15, -0.1) is 0 Å². The monoisotopic (exact) mass is 351 g/mol. The van der Waals surface area contributed by atoms with Gasteiger partial charge >= 0.3 is 0 Å². The largest absolute Gasteiger partial charge is 0.396 e. The maximum atomic E-state index is 12.7. The van der Waals surface area contributed by atoms with Gasteiger partial charge in [0.05, 0.1) is 10.6 Å². The zero-order chi connectivity index (χ0) is 16.9. The number of aromatic nitrogens is 1. The van der Waals surface area contributed by atoms with E-state index >= 15 is 0 Å². The summed E-state index contributed by atoms with van der Waals surface area (Å²) in [5.74, 6) is 0.454. The van der Waals surface area contributed by atoms with Crippen LogP contribution in [0, 0.1) is 11.8 Å². The van der Waals surface area contributed by atoms with E-state index in [1.807, 2.05) is 4.90 Å². The Hall–Kier alpha value is -1.17. The van der Waals surface area contributed by atoms with Crippen molar-refractivity contribution >= 4 is 17.5 Å². The predicted octanol–water partition coefficient (Wildman–Crippen LogP) is 2.29. The summed E-state index contributed by atoms with van der Waals surface area (Å²) in [6.07, 6.45) is 8.24. The van der Waals surface area contributed by atoms with Gasteiger partial charge in [-0.3, -0.25) is 9.78 Å². The van der Waals surface area contributed by atoms with E-state index in [0.29, 0.717) is 29.6 Å². The molecule has 2 fully saturated rings. The number of aliphatic hydroxyl groups excluding tert-OH is 1. The van der Waals surface area contributed by atoms with Crippen LogP contribution < -0.4 is 0 Å². The lowest BCUT2D eigenvalue weighted by Crippen LogP contribution is -2.35. The molecule has 0 aromatic carbocycles. The number of pyridine rings is 1. The summed E-state index contributed by atoms with van der Waals surface area (Å²) in [5.41, 5.74) is 0.523. The SMILES string of the molecule is O=C(c1cncc(Cl)c1)N1C[C@@H](CO)[C@@H](CN2CCCCCC2)C1. The van der Waals surface area contributed by atoms with E-state index in [9.17, 15) is 9.90 Å². The third-order valence-corrected chi connectivity index (χ3v) is 5.45. The molecule has 2 saturated heterocycles. The Labute approximate surface area is 148 Å². The molecule has 1 N–H and O–H groups in total. The number of hydrogen-bond acceptors (Lipinski definition) is 4. The van der Waals surface area contributed by atoms with Gasteiger partial charge in [0.25, 0.3) is 5.91 Å². The first-order valence-corrected chi connectivity index (χ1v) is 9.28. The maximum Gasteiger partial charge on any atom is 0.255 e. The summed E-state index contributed by atoms with van der Waals surface area (Å²) < 4.78 is 0. The van der Waals surface area contributed by atoms with Gasteiger partial charge in [-0.05, 0) is 37.9 Å². The van der Waals surface area contributed by atoms with Gasteiger partial charge in [0, 0.05) is 44.6 Å². The number of hydrogen-bond donors (Lipinski definition) is 1. The number of carbonyl (C=O) groups excluding carboxylic acids is 1. The fourth-order valence-electron chi connectivity index (χ4n) is 3.88. The average molecular weight is 352 g/mol. The summed E-state index contributed by atoms with van der Waals surface area (Å²) in [6.45, 7) is 4.70. The van der Waals surface area contributed by atoms with E-state index in [1.165, 1.54) is 31.9 Å². The van der Waals surface area contributed by atoms with E-state index in [1.54, 1.807) is 12.3 Å². The topological polar surface area (TPSA) is 56.7 Å². The highest BCUT2D eigenvalue weighted by Crippen LogP contribution is 2.26. The Morgan fingerprint density at radius 1 is 1.17 bits per heavy atom.